The lowest BCUT2D eigenvalue weighted by Crippen LogP contribution is -2.27. The SMILES string of the molecule is CC(C)c1nc2cc(C(=O)NCCCN(C)C)ccc2n1C. The average Bonchev–Trinajstić information content (AvgIpc) is 2.80. The van der Waals surface area contributed by atoms with Gasteiger partial charge in [-0.1, -0.05) is 13.8 Å². The van der Waals surface area contributed by atoms with Crippen LogP contribution in [0.15, 0.2) is 18.2 Å². The molecule has 22 heavy (non-hydrogen) atoms. The highest BCUT2D eigenvalue weighted by Gasteiger charge is 2.13. The summed E-state index contributed by atoms with van der Waals surface area (Å²) in [5.74, 6) is 1.37. The van der Waals surface area contributed by atoms with E-state index in [1.54, 1.807) is 0 Å². The maximum Gasteiger partial charge on any atom is 0.251 e. The summed E-state index contributed by atoms with van der Waals surface area (Å²) < 4.78 is 2.10. The molecule has 1 aromatic heterocycles. The van der Waals surface area contributed by atoms with Gasteiger partial charge in [-0.25, -0.2) is 4.98 Å². The first-order chi connectivity index (χ1) is 10.4. The highest BCUT2D eigenvalue weighted by molar-refractivity contribution is 5.97. The van der Waals surface area contributed by atoms with Crippen LogP contribution in [0.3, 0.4) is 0 Å². The predicted octanol–water partition coefficient (Wildman–Crippen LogP) is 2.38. The number of nitrogens with one attached hydrogen (secondary N) is 1. The number of aromatic nitrogens is 2. The van der Waals surface area contributed by atoms with Crippen molar-refractivity contribution < 1.29 is 4.79 Å². The summed E-state index contributed by atoms with van der Waals surface area (Å²) in [6, 6.07) is 5.72. The third kappa shape index (κ3) is 3.65. The van der Waals surface area contributed by atoms with Crippen LogP contribution in [0.25, 0.3) is 11.0 Å². The van der Waals surface area contributed by atoms with Gasteiger partial charge in [0, 0.05) is 25.1 Å². The summed E-state index contributed by atoms with van der Waals surface area (Å²) in [5, 5.41) is 2.96. The molecule has 0 atom stereocenters. The zero-order valence-electron chi connectivity index (χ0n) is 14.2. The van der Waals surface area contributed by atoms with Crippen molar-refractivity contribution in [3.05, 3.63) is 29.6 Å². The predicted molar refractivity (Wildman–Crippen MR) is 90.3 cm³/mol. The minimum absolute atomic E-state index is 0.0302. The molecule has 0 spiro atoms. The van der Waals surface area contributed by atoms with Crippen molar-refractivity contribution in [2.45, 2.75) is 26.2 Å². The highest BCUT2D eigenvalue weighted by atomic mass is 16.1. The van der Waals surface area contributed by atoms with Gasteiger partial charge in [0.25, 0.3) is 5.91 Å². The molecular formula is C17H26N4O. The molecule has 0 bridgehead atoms. The first-order valence-electron chi connectivity index (χ1n) is 7.79. The lowest BCUT2D eigenvalue weighted by atomic mass is 10.2. The summed E-state index contributed by atoms with van der Waals surface area (Å²) >= 11 is 0. The highest BCUT2D eigenvalue weighted by Crippen LogP contribution is 2.21. The van der Waals surface area contributed by atoms with Crippen LogP contribution < -0.4 is 5.32 Å². The third-order valence-corrected chi connectivity index (χ3v) is 3.76. The second-order valence-corrected chi connectivity index (χ2v) is 6.30. The van der Waals surface area contributed by atoms with E-state index in [0.717, 1.165) is 29.8 Å². The van der Waals surface area contributed by atoms with Crippen molar-refractivity contribution in [2.75, 3.05) is 27.2 Å². The molecule has 0 radical (unpaired) electrons. The summed E-state index contributed by atoms with van der Waals surface area (Å²) in [7, 11) is 6.08. The van der Waals surface area contributed by atoms with E-state index in [4.69, 9.17) is 0 Å². The number of fused-ring (bicyclic) bond motifs is 1. The Balaban J connectivity index is 2.10. The van der Waals surface area contributed by atoms with E-state index in [-0.39, 0.29) is 5.91 Å². The van der Waals surface area contributed by atoms with Crippen LogP contribution in [0.1, 0.15) is 42.4 Å². The van der Waals surface area contributed by atoms with Crippen molar-refractivity contribution in [2.24, 2.45) is 7.05 Å². The lowest BCUT2D eigenvalue weighted by Gasteiger charge is -2.10. The molecule has 1 aromatic carbocycles. The van der Waals surface area contributed by atoms with Gasteiger partial charge in [-0.2, -0.15) is 0 Å². The van der Waals surface area contributed by atoms with Crippen molar-refractivity contribution in [1.29, 1.82) is 0 Å². The Morgan fingerprint density at radius 1 is 1.36 bits per heavy atom. The Hall–Kier alpha value is -1.88. The molecule has 2 aromatic rings. The van der Waals surface area contributed by atoms with E-state index < -0.39 is 0 Å². The molecule has 120 valence electrons. The molecular weight excluding hydrogens is 276 g/mol. The summed E-state index contributed by atoms with van der Waals surface area (Å²) in [4.78, 5) is 19.0. The molecule has 0 unspecified atom stereocenters. The van der Waals surface area contributed by atoms with E-state index in [2.05, 4.69) is 33.6 Å². The van der Waals surface area contributed by atoms with Crippen LogP contribution in [0.2, 0.25) is 0 Å². The van der Waals surface area contributed by atoms with E-state index in [1.165, 1.54) is 0 Å². The van der Waals surface area contributed by atoms with Crippen LogP contribution in [-0.2, 0) is 7.05 Å². The van der Waals surface area contributed by atoms with Crippen molar-refractivity contribution >= 4 is 16.9 Å². The number of hydrogen-bond donors (Lipinski definition) is 1. The molecule has 1 N–H and O–H groups in total. The first kappa shape index (κ1) is 16.5. The van der Waals surface area contributed by atoms with Gasteiger partial charge < -0.3 is 14.8 Å². The van der Waals surface area contributed by atoms with Gasteiger partial charge in [-0.3, -0.25) is 4.79 Å². The Bertz CT molecular complexity index is 658. The molecule has 0 aliphatic heterocycles. The monoisotopic (exact) mass is 302 g/mol. The fraction of sp³-hybridized carbons (Fsp3) is 0.529. The van der Waals surface area contributed by atoms with E-state index in [1.807, 2.05) is 39.3 Å². The van der Waals surface area contributed by atoms with Gasteiger partial charge in [0.15, 0.2) is 0 Å². The molecule has 0 aliphatic rings. The van der Waals surface area contributed by atoms with Crippen molar-refractivity contribution in [1.82, 2.24) is 19.8 Å². The van der Waals surface area contributed by atoms with Crippen LogP contribution in [0, 0.1) is 0 Å². The molecule has 2 rings (SSSR count). The zero-order valence-corrected chi connectivity index (χ0v) is 14.2. The van der Waals surface area contributed by atoms with Gasteiger partial charge in [0.2, 0.25) is 0 Å². The van der Waals surface area contributed by atoms with Crippen LogP contribution in [0.4, 0.5) is 0 Å². The lowest BCUT2D eigenvalue weighted by molar-refractivity contribution is 0.0952. The van der Waals surface area contributed by atoms with Crippen LogP contribution in [0.5, 0.6) is 0 Å². The number of imidazole rings is 1. The molecule has 0 aliphatic carbocycles. The minimum atomic E-state index is -0.0302. The smallest absolute Gasteiger partial charge is 0.251 e. The molecule has 5 heteroatoms. The van der Waals surface area contributed by atoms with Crippen molar-refractivity contribution in [3.8, 4) is 0 Å². The van der Waals surface area contributed by atoms with Crippen LogP contribution in [-0.4, -0.2) is 47.5 Å². The molecule has 1 amide bonds. The summed E-state index contributed by atoms with van der Waals surface area (Å²) in [5.41, 5.74) is 2.62. The standard InChI is InChI=1S/C17H26N4O/c1-12(2)16-19-14-11-13(7-8-15(14)21(16)5)17(22)18-9-6-10-20(3)4/h7-8,11-12H,6,9-10H2,1-5H3,(H,18,22). The number of nitrogens with zero attached hydrogens (tertiary/aromatic N) is 3. The summed E-state index contributed by atoms with van der Waals surface area (Å²) in [6.07, 6.45) is 0.946. The maximum absolute atomic E-state index is 12.2. The number of hydrogen-bond acceptors (Lipinski definition) is 3. The normalized spacial score (nSPS) is 11.6. The number of carbonyl (C=O) groups excluding carboxylic acids is 1. The van der Waals surface area contributed by atoms with Crippen molar-refractivity contribution in [3.63, 3.8) is 0 Å². The van der Waals surface area contributed by atoms with Gasteiger partial charge in [-0.15, -0.1) is 0 Å². The van der Waals surface area contributed by atoms with E-state index in [0.29, 0.717) is 18.0 Å². The van der Waals surface area contributed by atoms with Gasteiger partial charge in [-0.05, 0) is 45.3 Å². The topological polar surface area (TPSA) is 50.2 Å². The van der Waals surface area contributed by atoms with Gasteiger partial charge in [0.1, 0.15) is 5.82 Å². The fourth-order valence-corrected chi connectivity index (χ4v) is 2.58. The van der Waals surface area contributed by atoms with Gasteiger partial charge in [0.05, 0.1) is 11.0 Å². The maximum atomic E-state index is 12.2. The molecule has 1 heterocycles. The number of carbonyl (C=O) groups is 1. The Labute approximate surface area is 132 Å². The van der Waals surface area contributed by atoms with Crippen LogP contribution >= 0.6 is 0 Å². The zero-order chi connectivity index (χ0) is 16.3. The number of benzene rings is 1. The van der Waals surface area contributed by atoms with E-state index >= 15 is 0 Å². The largest absolute Gasteiger partial charge is 0.352 e. The third-order valence-electron chi connectivity index (χ3n) is 3.76. The minimum Gasteiger partial charge on any atom is -0.352 e. The second kappa shape index (κ2) is 6.92. The van der Waals surface area contributed by atoms with Gasteiger partial charge >= 0.3 is 0 Å². The Morgan fingerprint density at radius 2 is 2.09 bits per heavy atom. The second-order valence-electron chi connectivity index (χ2n) is 6.30. The van der Waals surface area contributed by atoms with E-state index in [9.17, 15) is 4.79 Å². The quantitative estimate of drug-likeness (QED) is 0.834. The first-order valence-corrected chi connectivity index (χ1v) is 7.79. The number of aryl methyl sites for hydroxylation is 1. The Kier molecular flexibility index (Phi) is 5.19. The Morgan fingerprint density at radius 3 is 2.73 bits per heavy atom. The number of rotatable bonds is 6. The molecule has 0 saturated carbocycles. The number of amides is 1. The molecule has 5 nitrogen and oxygen atoms in total. The molecule has 0 saturated heterocycles. The average molecular weight is 302 g/mol. The summed E-state index contributed by atoms with van der Waals surface area (Å²) in [6.45, 7) is 5.91. The fourth-order valence-electron chi connectivity index (χ4n) is 2.58. The molecule has 0 fully saturated rings.